The molecule has 1 aliphatic carbocycles. The van der Waals surface area contributed by atoms with Gasteiger partial charge in [0.1, 0.15) is 0 Å². The number of hydrogen-bond acceptors (Lipinski definition) is 1. The molecule has 0 atom stereocenters. The molecule has 3 rings (SSSR count). The van der Waals surface area contributed by atoms with Crippen LogP contribution >= 0.6 is 11.6 Å². The van der Waals surface area contributed by atoms with Gasteiger partial charge in [0, 0.05) is 18.3 Å². The molecule has 19 heavy (non-hydrogen) atoms. The van der Waals surface area contributed by atoms with Crippen LogP contribution in [0.3, 0.4) is 0 Å². The molecule has 1 aromatic carbocycles. The lowest BCUT2D eigenvalue weighted by Gasteiger charge is -2.35. The summed E-state index contributed by atoms with van der Waals surface area (Å²) in [6, 6.07) is 8.50. The standard InChI is InChI=1S/C16H21ClN2/c1-19-15-8-4-3-7-13(15)14(18-19)11-16(12-17)9-5-2-6-10-16/h3-4,7-8H,2,5-6,9-12H2,1H3. The van der Waals surface area contributed by atoms with Crippen LogP contribution in [0.15, 0.2) is 24.3 Å². The van der Waals surface area contributed by atoms with Crippen LogP contribution in [0.2, 0.25) is 0 Å². The molecule has 1 aromatic heterocycles. The predicted molar refractivity (Wildman–Crippen MR) is 80.7 cm³/mol. The molecule has 1 fully saturated rings. The number of rotatable bonds is 3. The van der Waals surface area contributed by atoms with E-state index in [2.05, 4.69) is 24.3 Å². The molecule has 0 spiro atoms. The van der Waals surface area contributed by atoms with Gasteiger partial charge in [-0.2, -0.15) is 5.10 Å². The molecular weight excluding hydrogens is 256 g/mol. The zero-order valence-electron chi connectivity index (χ0n) is 11.5. The van der Waals surface area contributed by atoms with Gasteiger partial charge in [-0.1, -0.05) is 37.5 Å². The minimum Gasteiger partial charge on any atom is -0.268 e. The van der Waals surface area contributed by atoms with Crippen molar-refractivity contribution in [2.75, 3.05) is 5.88 Å². The quantitative estimate of drug-likeness (QED) is 0.764. The number of halogens is 1. The fourth-order valence-corrected chi connectivity index (χ4v) is 3.80. The Morgan fingerprint density at radius 3 is 2.68 bits per heavy atom. The Kier molecular flexibility index (Phi) is 3.53. The average molecular weight is 277 g/mol. The van der Waals surface area contributed by atoms with Gasteiger partial charge < -0.3 is 0 Å². The second kappa shape index (κ2) is 5.16. The van der Waals surface area contributed by atoms with E-state index in [1.807, 2.05) is 11.7 Å². The molecular formula is C16H21ClN2. The van der Waals surface area contributed by atoms with Crippen LogP contribution < -0.4 is 0 Å². The second-order valence-electron chi connectivity index (χ2n) is 5.96. The predicted octanol–water partition coefficient (Wildman–Crippen LogP) is 4.31. The lowest BCUT2D eigenvalue weighted by Crippen LogP contribution is -2.29. The molecule has 0 aliphatic heterocycles. The Labute approximate surface area is 119 Å². The fourth-order valence-electron chi connectivity index (χ4n) is 3.43. The monoisotopic (exact) mass is 276 g/mol. The Bertz CT molecular complexity index is 567. The maximum absolute atomic E-state index is 6.31. The highest BCUT2D eigenvalue weighted by Gasteiger charge is 2.32. The van der Waals surface area contributed by atoms with Crippen molar-refractivity contribution in [1.82, 2.24) is 9.78 Å². The summed E-state index contributed by atoms with van der Waals surface area (Å²) in [5.74, 6) is 0.762. The molecule has 0 unspecified atom stereocenters. The maximum Gasteiger partial charge on any atom is 0.0709 e. The lowest BCUT2D eigenvalue weighted by atomic mass is 9.72. The summed E-state index contributed by atoms with van der Waals surface area (Å²) in [6.07, 6.45) is 7.53. The third-order valence-electron chi connectivity index (χ3n) is 4.57. The van der Waals surface area contributed by atoms with E-state index >= 15 is 0 Å². The molecule has 0 bridgehead atoms. The van der Waals surface area contributed by atoms with Crippen LogP contribution in [0, 0.1) is 5.41 Å². The zero-order chi connectivity index (χ0) is 13.3. The van der Waals surface area contributed by atoms with Crippen molar-refractivity contribution in [3.8, 4) is 0 Å². The van der Waals surface area contributed by atoms with Gasteiger partial charge >= 0.3 is 0 Å². The Morgan fingerprint density at radius 1 is 1.21 bits per heavy atom. The highest BCUT2D eigenvalue weighted by molar-refractivity contribution is 6.18. The average Bonchev–Trinajstić information content (AvgIpc) is 2.77. The summed E-state index contributed by atoms with van der Waals surface area (Å²) >= 11 is 6.31. The number of aromatic nitrogens is 2. The molecule has 0 saturated heterocycles. The van der Waals surface area contributed by atoms with Gasteiger partial charge in [-0.3, -0.25) is 4.68 Å². The third kappa shape index (κ3) is 2.38. The van der Waals surface area contributed by atoms with E-state index in [9.17, 15) is 0 Å². The van der Waals surface area contributed by atoms with Gasteiger partial charge in [-0.15, -0.1) is 11.6 Å². The largest absolute Gasteiger partial charge is 0.268 e. The smallest absolute Gasteiger partial charge is 0.0709 e. The number of fused-ring (bicyclic) bond motifs is 1. The van der Waals surface area contributed by atoms with Crippen molar-refractivity contribution in [3.05, 3.63) is 30.0 Å². The van der Waals surface area contributed by atoms with Gasteiger partial charge in [0.2, 0.25) is 0 Å². The first-order valence-electron chi connectivity index (χ1n) is 7.21. The first-order chi connectivity index (χ1) is 9.24. The summed E-state index contributed by atoms with van der Waals surface area (Å²) in [4.78, 5) is 0. The summed E-state index contributed by atoms with van der Waals surface area (Å²) in [5.41, 5.74) is 2.72. The van der Waals surface area contributed by atoms with E-state index < -0.39 is 0 Å². The maximum atomic E-state index is 6.31. The van der Waals surface area contributed by atoms with Gasteiger partial charge in [0.15, 0.2) is 0 Å². The van der Waals surface area contributed by atoms with E-state index in [0.29, 0.717) is 0 Å². The van der Waals surface area contributed by atoms with E-state index in [1.54, 1.807) is 0 Å². The van der Waals surface area contributed by atoms with Gasteiger partial charge in [0.25, 0.3) is 0 Å². The number of nitrogens with zero attached hydrogens (tertiary/aromatic N) is 2. The summed E-state index contributed by atoms with van der Waals surface area (Å²) in [6.45, 7) is 0. The van der Waals surface area contributed by atoms with E-state index in [0.717, 1.165) is 12.3 Å². The van der Waals surface area contributed by atoms with Crippen LogP contribution in [-0.2, 0) is 13.5 Å². The number of para-hydroxylation sites is 1. The summed E-state index contributed by atoms with van der Waals surface area (Å²) in [5, 5.41) is 6.03. The number of alkyl halides is 1. The van der Waals surface area contributed by atoms with Gasteiger partial charge in [0.05, 0.1) is 11.2 Å². The summed E-state index contributed by atoms with van der Waals surface area (Å²) < 4.78 is 2.00. The van der Waals surface area contributed by atoms with Crippen LogP contribution in [0.4, 0.5) is 0 Å². The van der Waals surface area contributed by atoms with Crippen LogP contribution in [-0.4, -0.2) is 15.7 Å². The first kappa shape index (κ1) is 13.0. The van der Waals surface area contributed by atoms with Crippen molar-refractivity contribution >= 4 is 22.5 Å². The third-order valence-corrected chi connectivity index (χ3v) is 5.14. The second-order valence-corrected chi connectivity index (χ2v) is 6.23. The molecule has 0 N–H and O–H groups in total. The molecule has 2 nitrogen and oxygen atoms in total. The van der Waals surface area contributed by atoms with Gasteiger partial charge in [-0.25, -0.2) is 0 Å². The van der Waals surface area contributed by atoms with Crippen molar-refractivity contribution in [1.29, 1.82) is 0 Å². The highest BCUT2D eigenvalue weighted by atomic mass is 35.5. The summed E-state index contributed by atoms with van der Waals surface area (Å²) in [7, 11) is 2.03. The first-order valence-corrected chi connectivity index (χ1v) is 7.74. The molecule has 3 heteroatoms. The van der Waals surface area contributed by atoms with Crippen LogP contribution in [0.1, 0.15) is 37.8 Å². The van der Waals surface area contributed by atoms with Crippen molar-refractivity contribution in [2.45, 2.75) is 38.5 Å². The molecule has 1 saturated carbocycles. The minimum absolute atomic E-state index is 0.275. The van der Waals surface area contributed by atoms with E-state index in [4.69, 9.17) is 16.7 Å². The van der Waals surface area contributed by atoms with E-state index in [1.165, 1.54) is 48.7 Å². The SMILES string of the molecule is Cn1nc(CC2(CCl)CCCCC2)c2ccccc21. The van der Waals surface area contributed by atoms with Crippen LogP contribution in [0.5, 0.6) is 0 Å². The molecule has 2 aromatic rings. The Hall–Kier alpha value is -1.02. The molecule has 1 aliphatic rings. The normalized spacial score (nSPS) is 18.8. The van der Waals surface area contributed by atoms with Crippen LogP contribution in [0.25, 0.3) is 10.9 Å². The van der Waals surface area contributed by atoms with Crippen molar-refractivity contribution < 1.29 is 0 Å². The van der Waals surface area contributed by atoms with Crippen molar-refractivity contribution in [2.24, 2.45) is 12.5 Å². The number of hydrogen-bond donors (Lipinski definition) is 0. The highest BCUT2D eigenvalue weighted by Crippen LogP contribution is 2.41. The Balaban J connectivity index is 1.96. The topological polar surface area (TPSA) is 17.8 Å². The van der Waals surface area contributed by atoms with Gasteiger partial charge in [-0.05, 0) is 30.7 Å². The number of benzene rings is 1. The minimum atomic E-state index is 0.275. The molecule has 102 valence electrons. The molecule has 0 radical (unpaired) electrons. The molecule has 1 heterocycles. The lowest BCUT2D eigenvalue weighted by molar-refractivity contribution is 0.218. The fraction of sp³-hybridized carbons (Fsp3) is 0.562. The number of aryl methyl sites for hydroxylation is 1. The van der Waals surface area contributed by atoms with E-state index in [-0.39, 0.29) is 5.41 Å². The zero-order valence-corrected chi connectivity index (χ0v) is 12.3. The van der Waals surface area contributed by atoms with Crippen molar-refractivity contribution in [3.63, 3.8) is 0 Å². The molecule has 0 amide bonds. The Morgan fingerprint density at radius 2 is 1.95 bits per heavy atom.